The van der Waals surface area contributed by atoms with Crippen LogP contribution in [0.5, 0.6) is 5.75 Å². The molecule has 0 N–H and O–H groups in total. The summed E-state index contributed by atoms with van der Waals surface area (Å²) in [6, 6.07) is 7.85. The lowest BCUT2D eigenvalue weighted by atomic mass is 9.99. The molecule has 3 nitrogen and oxygen atoms in total. The highest BCUT2D eigenvalue weighted by Crippen LogP contribution is 2.22. The molecule has 0 aliphatic carbocycles. The number of rotatable bonds is 5. The summed E-state index contributed by atoms with van der Waals surface area (Å²) in [5.41, 5.74) is 1.28. The Morgan fingerprint density at radius 3 is 2.29 bits per heavy atom. The maximum absolute atomic E-state index is 11.2. The molecule has 0 saturated heterocycles. The van der Waals surface area contributed by atoms with Gasteiger partial charge in [0.2, 0.25) is 0 Å². The molecule has 0 fully saturated rings. The number of benzene rings is 1. The standard InChI is InChI=1S/C14H20O3/c1-5-10(2)12-6-8-13(9-7-12)17-11(3)14(15)16-4/h6-11H,5H2,1-4H3/t10?,11-/m1/s1. The van der Waals surface area contributed by atoms with Crippen molar-refractivity contribution in [1.29, 1.82) is 0 Å². The van der Waals surface area contributed by atoms with Crippen LogP contribution in [-0.2, 0) is 9.53 Å². The molecule has 3 heteroatoms. The summed E-state index contributed by atoms with van der Waals surface area (Å²) in [6.45, 7) is 6.02. The van der Waals surface area contributed by atoms with E-state index in [0.29, 0.717) is 11.7 Å². The van der Waals surface area contributed by atoms with Crippen molar-refractivity contribution in [3.05, 3.63) is 29.8 Å². The van der Waals surface area contributed by atoms with Crippen LogP contribution in [0.25, 0.3) is 0 Å². The Bertz CT molecular complexity index is 356. The molecule has 0 bridgehead atoms. The SMILES string of the molecule is CCC(C)c1ccc(O[C@H](C)C(=O)OC)cc1. The molecular weight excluding hydrogens is 216 g/mol. The van der Waals surface area contributed by atoms with E-state index < -0.39 is 6.10 Å². The molecule has 0 heterocycles. The largest absolute Gasteiger partial charge is 0.479 e. The van der Waals surface area contributed by atoms with Crippen LogP contribution in [0.1, 0.15) is 38.7 Å². The van der Waals surface area contributed by atoms with E-state index in [2.05, 4.69) is 18.6 Å². The number of hydrogen-bond donors (Lipinski definition) is 0. The summed E-state index contributed by atoms with van der Waals surface area (Å²) < 4.78 is 10.1. The minimum absolute atomic E-state index is 0.365. The normalized spacial score (nSPS) is 13.9. The lowest BCUT2D eigenvalue weighted by molar-refractivity contribution is -0.147. The molecule has 0 amide bonds. The van der Waals surface area contributed by atoms with Gasteiger partial charge in [-0.15, -0.1) is 0 Å². The highest BCUT2D eigenvalue weighted by Gasteiger charge is 2.14. The number of hydrogen-bond acceptors (Lipinski definition) is 3. The van der Waals surface area contributed by atoms with Gasteiger partial charge in [0.1, 0.15) is 5.75 Å². The minimum atomic E-state index is -0.575. The van der Waals surface area contributed by atoms with E-state index in [1.807, 2.05) is 24.3 Å². The van der Waals surface area contributed by atoms with Gasteiger partial charge in [0.05, 0.1) is 7.11 Å². The number of esters is 1. The molecule has 0 spiro atoms. The van der Waals surface area contributed by atoms with Crippen LogP contribution >= 0.6 is 0 Å². The molecule has 0 saturated carbocycles. The summed E-state index contributed by atoms with van der Waals surface area (Å²) in [6.07, 6.45) is 0.535. The van der Waals surface area contributed by atoms with Crippen molar-refractivity contribution in [2.45, 2.75) is 39.2 Å². The zero-order chi connectivity index (χ0) is 12.8. The molecule has 17 heavy (non-hydrogen) atoms. The fraction of sp³-hybridized carbons (Fsp3) is 0.500. The first-order valence-corrected chi connectivity index (χ1v) is 5.93. The van der Waals surface area contributed by atoms with E-state index in [4.69, 9.17) is 4.74 Å². The number of methoxy groups -OCH3 is 1. The van der Waals surface area contributed by atoms with Crippen molar-refractivity contribution in [1.82, 2.24) is 0 Å². The Morgan fingerprint density at radius 2 is 1.82 bits per heavy atom. The van der Waals surface area contributed by atoms with E-state index in [9.17, 15) is 4.79 Å². The van der Waals surface area contributed by atoms with Gasteiger partial charge in [0.15, 0.2) is 6.10 Å². The summed E-state index contributed by atoms with van der Waals surface area (Å²) in [5, 5.41) is 0. The fourth-order valence-corrected chi connectivity index (χ4v) is 1.53. The molecule has 1 rings (SSSR count). The predicted molar refractivity (Wildman–Crippen MR) is 67.3 cm³/mol. The molecule has 2 atom stereocenters. The van der Waals surface area contributed by atoms with Crippen LogP contribution < -0.4 is 4.74 Å². The van der Waals surface area contributed by atoms with E-state index >= 15 is 0 Å². The number of carbonyl (C=O) groups is 1. The van der Waals surface area contributed by atoms with Crippen LogP contribution in [0.15, 0.2) is 24.3 Å². The second kappa shape index (κ2) is 6.28. The van der Waals surface area contributed by atoms with Crippen LogP contribution in [0.4, 0.5) is 0 Å². The first kappa shape index (κ1) is 13.6. The van der Waals surface area contributed by atoms with Crippen molar-refractivity contribution in [2.24, 2.45) is 0 Å². The van der Waals surface area contributed by atoms with Gasteiger partial charge in [-0.3, -0.25) is 0 Å². The molecule has 1 aromatic rings. The topological polar surface area (TPSA) is 35.5 Å². The fourth-order valence-electron chi connectivity index (χ4n) is 1.53. The summed E-state index contributed by atoms with van der Waals surface area (Å²) in [7, 11) is 1.36. The van der Waals surface area contributed by atoms with Crippen LogP contribution in [0.3, 0.4) is 0 Å². The highest BCUT2D eigenvalue weighted by molar-refractivity contribution is 5.74. The average Bonchev–Trinajstić information content (AvgIpc) is 2.37. The van der Waals surface area contributed by atoms with Crippen molar-refractivity contribution in [2.75, 3.05) is 7.11 Å². The van der Waals surface area contributed by atoms with Crippen LogP contribution in [0, 0.1) is 0 Å². The Balaban J connectivity index is 2.65. The predicted octanol–water partition coefficient (Wildman–Crippen LogP) is 3.14. The van der Waals surface area contributed by atoms with E-state index in [1.165, 1.54) is 12.7 Å². The molecule has 1 aromatic carbocycles. The molecular formula is C14H20O3. The monoisotopic (exact) mass is 236 g/mol. The summed E-state index contributed by atoms with van der Waals surface area (Å²) >= 11 is 0. The molecule has 0 aromatic heterocycles. The second-order valence-electron chi connectivity index (χ2n) is 4.16. The third-order valence-corrected chi connectivity index (χ3v) is 2.91. The molecule has 1 unspecified atom stereocenters. The molecule has 0 radical (unpaired) electrons. The maximum atomic E-state index is 11.2. The minimum Gasteiger partial charge on any atom is -0.479 e. The van der Waals surface area contributed by atoms with E-state index in [-0.39, 0.29) is 5.97 Å². The first-order valence-electron chi connectivity index (χ1n) is 5.93. The maximum Gasteiger partial charge on any atom is 0.346 e. The summed E-state index contributed by atoms with van der Waals surface area (Å²) in [5.74, 6) is 0.869. The van der Waals surface area contributed by atoms with Crippen molar-refractivity contribution in [3.8, 4) is 5.75 Å². The Hall–Kier alpha value is -1.51. The van der Waals surface area contributed by atoms with Gasteiger partial charge in [-0.05, 0) is 37.0 Å². The lowest BCUT2D eigenvalue weighted by Gasteiger charge is -2.14. The number of carbonyl (C=O) groups excluding carboxylic acids is 1. The zero-order valence-corrected chi connectivity index (χ0v) is 10.9. The van der Waals surface area contributed by atoms with Crippen LogP contribution in [0.2, 0.25) is 0 Å². The van der Waals surface area contributed by atoms with Gasteiger partial charge in [0, 0.05) is 0 Å². The molecule has 94 valence electrons. The van der Waals surface area contributed by atoms with Crippen molar-refractivity contribution in [3.63, 3.8) is 0 Å². The van der Waals surface area contributed by atoms with E-state index in [0.717, 1.165) is 6.42 Å². The van der Waals surface area contributed by atoms with Gasteiger partial charge in [-0.25, -0.2) is 4.79 Å². The van der Waals surface area contributed by atoms with Crippen LogP contribution in [-0.4, -0.2) is 19.2 Å². The summed E-state index contributed by atoms with van der Waals surface area (Å²) in [4.78, 5) is 11.2. The molecule has 0 aliphatic rings. The zero-order valence-electron chi connectivity index (χ0n) is 10.9. The third kappa shape index (κ3) is 3.77. The van der Waals surface area contributed by atoms with Gasteiger partial charge in [-0.1, -0.05) is 26.0 Å². The van der Waals surface area contributed by atoms with Gasteiger partial charge < -0.3 is 9.47 Å². The smallest absolute Gasteiger partial charge is 0.346 e. The molecule has 0 aliphatic heterocycles. The Kier molecular flexibility index (Phi) is 5.01. The van der Waals surface area contributed by atoms with Crippen molar-refractivity contribution >= 4 is 5.97 Å². The Morgan fingerprint density at radius 1 is 1.24 bits per heavy atom. The second-order valence-corrected chi connectivity index (χ2v) is 4.16. The third-order valence-electron chi connectivity index (χ3n) is 2.91. The van der Waals surface area contributed by atoms with E-state index in [1.54, 1.807) is 6.92 Å². The van der Waals surface area contributed by atoms with Gasteiger partial charge in [0.25, 0.3) is 0 Å². The Labute approximate surface area is 103 Å². The van der Waals surface area contributed by atoms with Gasteiger partial charge in [-0.2, -0.15) is 0 Å². The first-order chi connectivity index (χ1) is 8.08. The quantitative estimate of drug-likeness (QED) is 0.737. The average molecular weight is 236 g/mol. The lowest BCUT2D eigenvalue weighted by Crippen LogP contribution is -2.24. The van der Waals surface area contributed by atoms with Gasteiger partial charge >= 0.3 is 5.97 Å². The highest BCUT2D eigenvalue weighted by atomic mass is 16.6. The number of ether oxygens (including phenoxy) is 2. The van der Waals surface area contributed by atoms with Crippen molar-refractivity contribution < 1.29 is 14.3 Å².